The molecule has 0 bridgehead atoms. The van der Waals surface area contributed by atoms with Gasteiger partial charge in [-0.2, -0.15) is 0 Å². The summed E-state index contributed by atoms with van der Waals surface area (Å²) in [5.41, 5.74) is 8.62. The molecular formula is C31H42N4O. The molecule has 0 aliphatic carbocycles. The van der Waals surface area contributed by atoms with Gasteiger partial charge in [0.15, 0.2) is 0 Å². The van der Waals surface area contributed by atoms with Crippen LogP contribution in [0.25, 0.3) is 16.6 Å². The minimum absolute atomic E-state index is 0.342. The van der Waals surface area contributed by atoms with Crippen LogP contribution in [0.1, 0.15) is 63.1 Å². The fourth-order valence-electron chi connectivity index (χ4n) is 5.01. The van der Waals surface area contributed by atoms with Gasteiger partial charge >= 0.3 is 0 Å². The van der Waals surface area contributed by atoms with Crippen molar-refractivity contribution in [1.82, 2.24) is 14.5 Å². The van der Waals surface area contributed by atoms with E-state index in [1.165, 1.54) is 22.3 Å². The van der Waals surface area contributed by atoms with Crippen LogP contribution in [0.15, 0.2) is 59.9 Å². The molecule has 192 valence electrons. The lowest BCUT2D eigenvalue weighted by Gasteiger charge is -2.30. The number of nitrogens with zero attached hydrogens (tertiary/aromatic N) is 4. The Kier molecular flexibility index (Phi) is 9.11. The normalized spacial score (nSPS) is 16.8. The fourth-order valence-corrected chi connectivity index (χ4v) is 5.01. The first-order valence-corrected chi connectivity index (χ1v) is 13.6. The molecule has 1 N–H and O–H groups in total. The van der Waals surface area contributed by atoms with Crippen LogP contribution in [0.5, 0.6) is 0 Å². The van der Waals surface area contributed by atoms with Crippen LogP contribution in [0.4, 0.5) is 0 Å². The lowest BCUT2D eigenvalue weighted by Crippen LogP contribution is -2.37. The van der Waals surface area contributed by atoms with E-state index in [9.17, 15) is 5.11 Å². The summed E-state index contributed by atoms with van der Waals surface area (Å²) < 4.78 is 2.06. The van der Waals surface area contributed by atoms with E-state index in [0.29, 0.717) is 19.0 Å². The number of aliphatic hydroxyl groups is 1. The Balaban J connectivity index is 1.51. The highest BCUT2D eigenvalue weighted by Crippen LogP contribution is 2.26. The molecule has 0 saturated carbocycles. The summed E-state index contributed by atoms with van der Waals surface area (Å²) in [5.74, 6) is 0.342. The largest absolute Gasteiger partial charge is 0.390 e. The molecule has 36 heavy (non-hydrogen) atoms. The van der Waals surface area contributed by atoms with Gasteiger partial charge in [0.2, 0.25) is 0 Å². The van der Waals surface area contributed by atoms with E-state index in [2.05, 4.69) is 83.8 Å². The summed E-state index contributed by atoms with van der Waals surface area (Å²) >= 11 is 0. The number of unbranched alkanes of at least 4 members (excludes halogenated alkanes) is 1. The molecule has 2 aromatic carbocycles. The van der Waals surface area contributed by atoms with Gasteiger partial charge in [0.25, 0.3) is 0 Å². The molecule has 1 aromatic heterocycles. The van der Waals surface area contributed by atoms with Gasteiger partial charge in [-0.1, -0.05) is 57.5 Å². The Hall–Kier alpha value is -2.76. The second-order valence-electron chi connectivity index (χ2n) is 10.3. The summed E-state index contributed by atoms with van der Waals surface area (Å²) in [7, 11) is 2.03. The van der Waals surface area contributed by atoms with E-state index >= 15 is 0 Å². The Labute approximate surface area is 216 Å². The van der Waals surface area contributed by atoms with Crippen molar-refractivity contribution in [2.45, 2.75) is 65.5 Å². The molecule has 1 aliphatic heterocycles. The lowest BCUT2D eigenvalue weighted by molar-refractivity contribution is 0.112. The van der Waals surface area contributed by atoms with Gasteiger partial charge in [0.1, 0.15) is 0 Å². The van der Waals surface area contributed by atoms with E-state index in [1.807, 2.05) is 13.4 Å². The van der Waals surface area contributed by atoms with Crippen molar-refractivity contribution in [1.29, 1.82) is 0 Å². The highest BCUT2D eigenvalue weighted by atomic mass is 16.3. The molecule has 1 aliphatic rings. The number of β-amino-alcohol motifs (C(OH)–C–C–N with tert-alkyl or cyclic N) is 1. The van der Waals surface area contributed by atoms with Gasteiger partial charge < -0.3 is 9.67 Å². The smallest absolute Gasteiger partial charge is 0.0955 e. The van der Waals surface area contributed by atoms with Gasteiger partial charge in [-0.3, -0.25) is 9.89 Å². The average Bonchev–Trinajstić information content (AvgIpc) is 3.27. The number of rotatable bonds is 11. The zero-order chi connectivity index (χ0) is 25.5. The topological polar surface area (TPSA) is 53.7 Å². The predicted octanol–water partition coefficient (Wildman–Crippen LogP) is 6.05. The number of aryl methyl sites for hydroxylation is 1. The number of fused-ring (bicyclic) bond motifs is 2. The van der Waals surface area contributed by atoms with Crippen molar-refractivity contribution >= 4 is 22.3 Å². The van der Waals surface area contributed by atoms with Crippen molar-refractivity contribution in [3.05, 3.63) is 71.6 Å². The first kappa shape index (κ1) is 26.3. The standard InChI is InChI=1S/C31H42N4O/c1-5-7-10-25(26-13-14-31-30(18-26)33-22-34(31)4)17-29(23(3)6-2)32-19-28(36)21-35-16-15-24-11-8-9-12-27(24)20-35/h8-9,11-14,17-18,22-23,28,36H,5-7,10,15-16,19-21H2,1-4H3/b25-17+,32-29?. The predicted molar refractivity (Wildman–Crippen MR) is 151 cm³/mol. The molecule has 5 nitrogen and oxygen atoms in total. The maximum Gasteiger partial charge on any atom is 0.0955 e. The third-order valence-corrected chi connectivity index (χ3v) is 7.50. The van der Waals surface area contributed by atoms with Gasteiger partial charge in [-0.05, 0) is 72.1 Å². The van der Waals surface area contributed by atoms with Crippen molar-refractivity contribution in [3.63, 3.8) is 0 Å². The number of aliphatic hydroxyl groups excluding tert-OH is 1. The van der Waals surface area contributed by atoms with Crippen molar-refractivity contribution in [2.75, 3.05) is 19.6 Å². The highest BCUT2D eigenvalue weighted by molar-refractivity contribution is 6.02. The summed E-state index contributed by atoms with van der Waals surface area (Å²) in [6, 6.07) is 15.2. The SMILES string of the molecule is CCCC/C(=C\C(=NCC(O)CN1CCc2ccccc2C1)C(C)CC)c1ccc2c(c1)ncn2C. The average molecular weight is 487 g/mol. The Morgan fingerprint density at radius 2 is 1.97 bits per heavy atom. The number of aliphatic imine (C=N–C) groups is 1. The fraction of sp³-hybridized carbons (Fsp3) is 0.484. The molecule has 2 unspecified atom stereocenters. The molecule has 0 fully saturated rings. The van der Waals surface area contributed by atoms with Crippen LogP contribution in [-0.2, 0) is 20.0 Å². The third kappa shape index (κ3) is 6.51. The third-order valence-electron chi connectivity index (χ3n) is 7.50. The van der Waals surface area contributed by atoms with E-state index in [-0.39, 0.29) is 0 Å². The van der Waals surface area contributed by atoms with Crippen LogP contribution in [-0.4, -0.2) is 51.0 Å². The van der Waals surface area contributed by atoms with Crippen molar-refractivity contribution < 1.29 is 5.11 Å². The second kappa shape index (κ2) is 12.5. The number of hydrogen-bond acceptors (Lipinski definition) is 4. The molecule has 0 saturated heterocycles. The van der Waals surface area contributed by atoms with Crippen molar-refractivity contribution in [3.8, 4) is 0 Å². The molecule has 0 radical (unpaired) electrons. The molecule has 2 heterocycles. The van der Waals surface area contributed by atoms with Crippen LogP contribution < -0.4 is 0 Å². The number of allylic oxidation sites excluding steroid dienone is 2. The zero-order valence-electron chi connectivity index (χ0n) is 22.5. The second-order valence-corrected chi connectivity index (χ2v) is 10.3. The van der Waals surface area contributed by atoms with Gasteiger partial charge in [0, 0.05) is 32.4 Å². The Morgan fingerprint density at radius 1 is 1.17 bits per heavy atom. The molecule has 2 atom stereocenters. The van der Waals surface area contributed by atoms with Crippen molar-refractivity contribution in [2.24, 2.45) is 18.0 Å². The maximum absolute atomic E-state index is 10.9. The lowest BCUT2D eigenvalue weighted by atomic mass is 9.94. The highest BCUT2D eigenvalue weighted by Gasteiger charge is 2.19. The summed E-state index contributed by atoms with van der Waals surface area (Å²) in [5, 5.41) is 10.9. The minimum atomic E-state index is -0.466. The molecule has 3 aromatic rings. The van der Waals surface area contributed by atoms with E-state index in [1.54, 1.807) is 0 Å². The first-order chi connectivity index (χ1) is 17.5. The van der Waals surface area contributed by atoms with E-state index < -0.39 is 6.10 Å². The van der Waals surface area contributed by atoms with Crippen LogP contribution >= 0.6 is 0 Å². The van der Waals surface area contributed by atoms with Crippen LogP contribution in [0.3, 0.4) is 0 Å². The zero-order valence-corrected chi connectivity index (χ0v) is 22.5. The van der Waals surface area contributed by atoms with Crippen LogP contribution in [0, 0.1) is 5.92 Å². The summed E-state index contributed by atoms with van der Waals surface area (Å²) in [6.45, 7) is 9.69. The molecule has 0 spiro atoms. The quantitative estimate of drug-likeness (QED) is 0.336. The summed E-state index contributed by atoms with van der Waals surface area (Å²) in [4.78, 5) is 11.9. The number of benzene rings is 2. The van der Waals surface area contributed by atoms with Gasteiger partial charge in [0.05, 0.1) is 30.0 Å². The molecule has 0 amide bonds. The van der Waals surface area contributed by atoms with Gasteiger partial charge in [-0.15, -0.1) is 0 Å². The Morgan fingerprint density at radius 3 is 2.75 bits per heavy atom. The number of aromatic nitrogens is 2. The molecule has 5 heteroatoms. The minimum Gasteiger partial charge on any atom is -0.390 e. The monoisotopic (exact) mass is 486 g/mol. The molecular weight excluding hydrogens is 444 g/mol. The first-order valence-electron chi connectivity index (χ1n) is 13.6. The van der Waals surface area contributed by atoms with Crippen LogP contribution in [0.2, 0.25) is 0 Å². The molecule has 4 rings (SSSR count). The summed E-state index contributed by atoms with van der Waals surface area (Å²) in [6.07, 6.45) is 9.07. The number of hydrogen-bond donors (Lipinski definition) is 1. The van der Waals surface area contributed by atoms with E-state index in [0.717, 1.165) is 61.9 Å². The number of imidazole rings is 1. The Bertz CT molecular complexity index is 1210. The van der Waals surface area contributed by atoms with Gasteiger partial charge in [-0.25, -0.2) is 4.98 Å². The maximum atomic E-state index is 10.9. The van der Waals surface area contributed by atoms with E-state index in [4.69, 9.17) is 4.99 Å².